The number of ether oxygens (including phenoxy) is 3. The Labute approximate surface area is 205 Å². The van der Waals surface area contributed by atoms with Gasteiger partial charge in [0.05, 0.1) is 25.9 Å². The van der Waals surface area contributed by atoms with E-state index in [1.807, 2.05) is 30.3 Å². The van der Waals surface area contributed by atoms with Crippen LogP contribution < -0.4 is 30.6 Å². The summed E-state index contributed by atoms with van der Waals surface area (Å²) in [5, 5.41) is 6.71. The molecule has 1 aromatic carbocycles. The van der Waals surface area contributed by atoms with Crippen molar-refractivity contribution in [1.82, 2.24) is 15.3 Å². The number of nitrogens with zero attached hydrogens (tertiary/aromatic N) is 2. The maximum atomic E-state index is 12.4. The van der Waals surface area contributed by atoms with Gasteiger partial charge in [0, 0.05) is 18.2 Å². The number of carbonyl (C=O) groups is 1. The van der Waals surface area contributed by atoms with Crippen molar-refractivity contribution in [2.75, 3.05) is 19.5 Å². The van der Waals surface area contributed by atoms with E-state index in [0.29, 0.717) is 29.0 Å². The Morgan fingerprint density at radius 1 is 1.09 bits per heavy atom. The number of carbonyl (C=O) groups excluding carboxylic acids is 1. The predicted molar refractivity (Wildman–Crippen MR) is 131 cm³/mol. The number of primary amides is 1. The Hall–Kier alpha value is -3.46. The summed E-state index contributed by atoms with van der Waals surface area (Å²) in [5.74, 6) is 1.52. The average molecular weight is 488 g/mol. The van der Waals surface area contributed by atoms with Crippen molar-refractivity contribution >= 4 is 24.3 Å². The zero-order chi connectivity index (χ0) is 23.3. The molecule has 1 unspecified atom stereocenters. The number of anilines is 1. The SMILES string of the molecule is COc1cc(OC)nc(N[C@H]2CC[C@@H](C3(Oc4ccccc4)NC=CC=C3C(N)=O)CC2)n1.Cl. The quantitative estimate of drug-likeness (QED) is 0.519. The molecule has 1 atom stereocenters. The normalized spacial score (nSPS) is 23.5. The third-order valence-electron chi connectivity index (χ3n) is 6.08. The summed E-state index contributed by atoms with van der Waals surface area (Å²) in [5.41, 5.74) is 5.17. The van der Waals surface area contributed by atoms with Crippen molar-refractivity contribution in [2.45, 2.75) is 37.5 Å². The first kappa shape index (κ1) is 25.2. The molecule has 0 radical (unpaired) electrons. The van der Waals surface area contributed by atoms with Crippen LogP contribution in [-0.4, -0.2) is 41.9 Å². The third kappa shape index (κ3) is 5.36. The van der Waals surface area contributed by atoms with Crippen LogP contribution in [0.5, 0.6) is 17.5 Å². The second kappa shape index (κ2) is 11.1. The fraction of sp³-hybridized carbons (Fsp3) is 0.375. The Morgan fingerprint density at radius 2 is 1.74 bits per heavy atom. The van der Waals surface area contributed by atoms with Crippen LogP contribution in [0.1, 0.15) is 25.7 Å². The summed E-state index contributed by atoms with van der Waals surface area (Å²) in [4.78, 5) is 21.1. The molecule has 1 aliphatic carbocycles. The molecule has 2 aromatic rings. The predicted octanol–water partition coefficient (Wildman–Crippen LogP) is 3.19. The van der Waals surface area contributed by atoms with Crippen LogP contribution in [0.4, 0.5) is 5.95 Å². The van der Waals surface area contributed by atoms with Gasteiger partial charge in [-0.3, -0.25) is 4.79 Å². The summed E-state index contributed by atoms with van der Waals surface area (Å²) in [7, 11) is 3.11. The zero-order valence-corrected chi connectivity index (χ0v) is 20.0. The third-order valence-corrected chi connectivity index (χ3v) is 6.08. The lowest BCUT2D eigenvalue weighted by Crippen LogP contribution is -2.59. The molecule has 1 amide bonds. The van der Waals surface area contributed by atoms with Crippen molar-refractivity contribution < 1.29 is 19.0 Å². The summed E-state index contributed by atoms with van der Waals surface area (Å²) >= 11 is 0. The molecule has 1 aromatic heterocycles. The van der Waals surface area contributed by atoms with Crippen LogP contribution in [0, 0.1) is 5.92 Å². The average Bonchev–Trinajstić information content (AvgIpc) is 2.85. The van der Waals surface area contributed by atoms with Gasteiger partial charge in [0.25, 0.3) is 5.91 Å². The van der Waals surface area contributed by atoms with Crippen molar-refractivity contribution in [2.24, 2.45) is 11.7 Å². The fourth-order valence-electron chi connectivity index (χ4n) is 4.47. The van der Waals surface area contributed by atoms with Gasteiger partial charge in [-0.1, -0.05) is 18.2 Å². The molecule has 0 spiro atoms. The number of amides is 1. The van der Waals surface area contributed by atoms with E-state index in [2.05, 4.69) is 20.6 Å². The molecule has 9 nitrogen and oxygen atoms in total. The van der Waals surface area contributed by atoms with E-state index in [1.54, 1.807) is 38.6 Å². The van der Waals surface area contributed by atoms with Crippen LogP contribution >= 0.6 is 12.4 Å². The molecule has 2 aliphatic rings. The van der Waals surface area contributed by atoms with Gasteiger partial charge < -0.3 is 30.6 Å². The topological polar surface area (TPSA) is 121 Å². The lowest BCUT2D eigenvalue weighted by molar-refractivity contribution is -0.118. The molecule has 4 N–H and O–H groups in total. The largest absolute Gasteiger partial charge is 0.481 e. The number of hydrogen-bond acceptors (Lipinski definition) is 8. The van der Waals surface area contributed by atoms with Gasteiger partial charge in [-0.15, -0.1) is 12.4 Å². The molecule has 1 saturated carbocycles. The summed E-state index contributed by atoms with van der Waals surface area (Å²) in [6, 6.07) is 11.3. The number of aromatic nitrogens is 2. The maximum Gasteiger partial charge on any atom is 0.250 e. The Balaban J connectivity index is 0.00000324. The molecular weight excluding hydrogens is 458 g/mol. The number of rotatable bonds is 8. The highest BCUT2D eigenvalue weighted by Gasteiger charge is 2.48. The minimum absolute atomic E-state index is 0. The Morgan fingerprint density at radius 3 is 2.32 bits per heavy atom. The standard InChI is InChI=1S/C24H29N5O4.ClH/c1-31-20-15-21(32-2)29-23(28-20)27-17-12-10-16(11-13-17)24(33-18-7-4-3-5-8-18)19(22(25)30)9-6-14-26-24;/h3-9,14-17,26H,10-13H2,1-2H3,(H2,25,30)(H,27,28,29);1H/t16-,17+,24?;. The number of nitrogens with one attached hydrogen (secondary N) is 2. The molecule has 0 saturated heterocycles. The van der Waals surface area contributed by atoms with Crippen molar-refractivity contribution in [3.05, 3.63) is 60.3 Å². The lowest BCUT2D eigenvalue weighted by Gasteiger charge is -2.45. The molecule has 34 heavy (non-hydrogen) atoms. The number of halogens is 1. The highest BCUT2D eigenvalue weighted by atomic mass is 35.5. The maximum absolute atomic E-state index is 12.4. The van der Waals surface area contributed by atoms with E-state index in [9.17, 15) is 4.79 Å². The molecular formula is C24H30ClN5O4. The van der Waals surface area contributed by atoms with Crippen molar-refractivity contribution in [1.29, 1.82) is 0 Å². The molecule has 4 rings (SSSR count). The zero-order valence-electron chi connectivity index (χ0n) is 19.2. The van der Waals surface area contributed by atoms with Crippen LogP contribution in [0.15, 0.2) is 60.3 Å². The van der Waals surface area contributed by atoms with Gasteiger partial charge in [0.2, 0.25) is 23.4 Å². The van der Waals surface area contributed by atoms with Crippen LogP contribution in [0.25, 0.3) is 0 Å². The number of nitrogens with two attached hydrogens (primary N) is 1. The van der Waals surface area contributed by atoms with Gasteiger partial charge in [-0.05, 0) is 50.0 Å². The van der Waals surface area contributed by atoms with Crippen molar-refractivity contribution in [3.63, 3.8) is 0 Å². The number of dihydropyridines is 1. The second-order valence-electron chi connectivity index (χ2n) is 8.07. The summed E-state index contributed by atoms with van der Waals surface area (Å²) < 4.78 is 16.9. The number of hydrogen-bond donors (Lipinski definition) is 3. The lowest BCUT2D eigenvalue weighted by atomic mass is 9.75. The number of para-hydroxylation sites is 1. The monoisotopic (exact) mass is 487 g/mol. The second-order valence-corrected chi connectivity index (χ2v) is 8.07. The van der Waals surface area contributed by atoms with Crippen molar-refractivity contribution in [3.8, 4) is 17.5 Å². The van der Waals surface area contributed by atoms with E-state index in [-0.39, 0.29) is 24.4 Å². The summed E-state index contributed by atoms with van der Waals surface area (Å²) in [6.45, 7) is 0. The van der Waals surface area contributed by atoms with Crippen LogP contribution in [0.2, 0.25) is 0 Å². The number of methoxy groups -OCH3 is 2. The Kier molecular flexibility index (Phi) is 8.22. The smallest absolute Gasteiger partial charge is 0.250 e. The van der Waals surface area contributed by atoms with Gasteiger partial charge in [0.1, 0.15) is 5.75 Å². The van der Waals surface area contributed by atoms with E-state index < -0.39 is 11.6 Å². The molecule has 1 fully saturated rings. The molecule has 182 valence electrons. The van der Waals surface area contributed by atoms with Crippen LogP contribution in [0.3, 0.4) is 0 Å². The van der Waals surface area contributed by atoms with Gasteiger partial charge in [-0.2, -0.15) is 9.97 Å². The first-order chi connectivity index (χ1) is 16.0. The van der Waals surface area contributed by atoms with E-state index in [0.717, 1.165) is 25.7 Å². The molecule has 1 aliphatic heterocycles. The van der Waals surface area contributed by atoms with Gasteiger partial charge in [-0.25, -0.2) is 0 Å². The Bertz CT molecular complexity index is 1020. The highest BCUT2D eigenvalue weighted by Crippen LogP contribution is 2.40. The molecule has 0 bridgehead atoms. The number of allylic oxidation sites excluding steroid dienone is 2. The van der Waals surface area contributed by atoms with E-state index in [4.69, 9.17) is 19.9 Å². The minimum Gasteiger partial charge on any atom is -0.481 e. The molecule has 10 heteroatoms. The summed E-state index contributed by atoms with van der Waals surface area (Å²) in [6.07, 6.45) is 8.59. The van der Waals surface area contributed by atoms with Crippen LogP contribution in [-0.2, 0) is 4.79 Å². The highest BCUT2D eigenvalue weighted by molar-refractivity contribution is 5.94. The first-order valence-corrected chi connectivity index (χ1v) is 11.0. The van der Waals surface area contributed by atoms with Gasteiger partial charge in [0.15, 0.2) is 0 Å². The van der Waals surface area contributed by atoms with E-state index in [1.165, 1.54) is 0 Å². The minimum atomic E-state index is -1.03. The first-order valence-electron chi connectivity index (χ1n) is 11.0. The van der Waals surface area contributed by atoms with E-state index >= 15 is 0 Å². The van der Waals surface area contributed by atoms with Gasteiger partial charge >= 0.3 is 0 Å². The fourth-order valence-corrected chi connectivity index (χ4v) is 4.47. The molecule has 2 heterocycles. The number of benzene rings is 1.